The molecule has 0 bridgehead atoms. The van der Waals surface area contributed by atoms with Gasteiger partial charge in [0.2, 0.25) is 0 Å². The van der Waals surface area contributed by atoms with Crippen LogP contribution in [0.3, 0.4) is 0 Å². The standard InChI is InChI=1S/C16H26O2Si/c1-16(2,3)15(17)12-14(18-19(4,5)6)13-10-8-7-9-11-13/h7-11,14H,12H2,1-6H3. The Balaban J connectivity index is 2.91. The monoisotopic (exact) mass is 278 g/mol. The van der Waals surface area contributed by atoms with E-state index in [9.17, 15) is 4.79 Å². The summed E-state index contributed by atoms with van der Waals surface area (Å²) >= 11 is 0. The quantitative estimate of drug-likeness (QED) is 0.737. The topological polar surface area (TPSA) is 26.3 Å². The van der Waals surface area contributed by atoms with Crippen LogP contribution >= 0.6 is 0 Å². The van der Waals surface area contributed by atoms with E-state index in [0.29, 0.717) is 6.42 Å². The van der Waals surface area contributed by atoms with Crippen LogP contribution in [-0.4, -0.2) is 14.1 Å². The fourth-order valence-electron chi connectivity index (χ4n) is 1.80. The molecule has 1 atom stereocenters. The molecule has 0 amide bonds. The van der Waals surface area contributed by atoms with Gasteiger partial charge in [0.25, 0.3) is 0 Å². The molecule has 0 aliphatic rings. The molecule has 1 rings (SSSR count). The molecule has 0 aromatic heterocycles. The minimum absolute atomic E-state index is 0.111. The van der Waals surface area contributed by atoms with Gasteiger partial charge in [-0.25, -0.2) is 0 Å². The fourth-order valence-corrected chi connectivity index (χ4v) is 2.87. The molecular weight excluding hydrogens is 252 g/mol. The van der Waals surface area contributed by atoms with Gasteiger partial charge in [0.1, 0.15) is 5.78 Å². The first kappa shape index (κ1) is 16.1. The van der Waals surface area contributed by atoms with E-state index in [4.69, 9.17) is 4.43 Å². The van der Waals surface area contributed by atoms with Crippen molar-refractivity contribution in [2.75, 3.05) is 0 Å². The summed E-state index contributed by atoms with van der Waals surface area (Å²) in [6.45, 7) is 12.4. The van der Waals surface area contributed by atoms with Crippen LogP contribution in [0.15, 0.2) is 30.3 Å². The third kappa shape index (κ3) is 5.70. The van der Waals surface area contributed by atoms with Crippen molar-refractivity contribution in [1.82, 2.24) is 0 Å². The largest absolute Gasteiger partial charge is 0.410 e. The van der Waals surface area contributed by atoms with Gasteiger partial charge in [-0.15, -0.1) is 0 Å². The number of hydrogen-bond acceptors (Lipinski definition) is 2. The van der Waals surface area contributed by atoms with Crippen molar-refractivity contribution in [3.63, 3.8) is 0 Å². The SMILES string of the molecule is CC(C)(C)C(=O)CC(O[Si](C)(C)C)c1ccccc1. The molecule has 106 valence electrons. The highest BCUT2D eigenvalue weighted by molar-refractivity contribution is 6.69. The first-order valence-electron chi connectivity index (χ1n) is 6.86. The molecule has 1 aromatic rings. The lowest BCUT2D eigenvalue weighted by Crippen LogP contribution is -2.31. The second-order valence-electron chi connectivity index (χ2n) is 7.01. The van der Waals surface area contributed by atoms with E-state index in [1.165, 1.54) is 0 Å². The summed E-state index contributed by atoms with van der Waals surface area (Å²) in [6, 6.07) is 10.1. The zero-order chi connectivity index (χ0) is 14.7. The maximum absolute atomic E-state index is 12.3. The minimum atomic E-state index is -1.68. The molecule has 0 saturated heterocycles. The number of hydrogen-bond donors (Lipinski definition) is 0. The van der Waals surface area contributed by atoms with Crippen molar-refractivity contribution in [3.05, 3.63) is 35.9 Å². The van der Waals surface area contributed by atoms with Gasteiger partial charge in [-0.2, -0.15) is 0 Å². The van der Waals surface area contributed by atoms with Gasteiger partial charge >= 0.3 is 0 Å². The van der Waals surface area contributed by atoms with E-state index >= 15 is 0 Å². The lowest BCUT2D eigenvalue weighted by Gasteiger charge is -2.28. The lowest BCUT2D eigenvalue weighted by atomic mass is 9.86. The van der Waals surface area contributed by atoms with Gasteiger partial charge in [-0.05, 0) is 25.2 Å². The molecule has 1 unspecified atom stereocenters. The van der Waals surface area contributed by atoms with Gasteiger partial charge in [0.15, 0.2) is 8.32 Å². The van der Waals surface area contributed by atoms with E-state index in [1.54, 1.807) is 0 Å². The normalized spacial score (nSPS) is 14.2. The van der Waals surface area contributed by atoms with E-state index < -0.39 is 8.32 Å². The third-order valence-corrected chi connectivity index (χ3v) is 3.87. The van der Waals surface area contributed by atoms with E-state index in [1.807, 2.05) is 51.1 Å². The molecule has 0 fully saturated rings. The predicted molar refractivity (Wildman–Crippen MR) is 82.7 cm³/mol. The first-order valence-corrected chi connectivity index (χ1v) is 10.3. The van der Waals surface area contributed by atoms with Crippen LogP contribution in [0.2, 0.25) is 19.6 Å². The highest BCUT2D eigenvalue weighted by Crippen LogP contribution is 2.29. The molecule has 0 aliphatic heterocycles. The maximum atomic E-state index is 12.3. The molecule has 3 heteroatoms. The Labute approximate surface area is 118 Å². The Morgan fingerprint density at radius 2 is 1.68 bits per heavy atom. The number of carbonyl (C=O) groups is 1. The molecule has 19 heavy (non-hydrogen) atoms. The summed E-state index contributed by atoms with van der Waals surface area (Å²) in [5.41, 5.74) is 0.790. The molecule has 1 aromatic carbocycles. The van der Waals surface area contributed by atoms with Crippen LogP contribution < -0.4 is 0 Å². The van der Waals surface area contributed by atoms with Crippen molar-refractivity contribution in [1.29, 1.82) is 0 Å². The third-order valence-electron chi connectivity index (χ3n) is 2.87. The predicted octanol–water partition coefficient (Wildman–Crippen LogP) is 4.58. The number of carbonyl (C=O) groups excluding carboxylic acids is 1. The second kappa shape index (κ2) is 6.01. The van der Waals surface area contributed by atoms with Crippen LogP contribution in [0.4, 0.5) is 0 Å². The van der Waals surface area contributed by atoms with Gasteiger partial charge in [-0.3, -0.25) is 4.79 Å². The van der Waals surface area contributed by atoms with E-state index in [0.717, 1.165) is 5.56 Å². The summed E-state index contributed by atoms with van der Waals surface area (Å²) in [5, 5.41) is 0. The Bertz CT molecular complexity index is 413. The number of Topliss-reactive ketones (excluding diaryl/α,β-unsaturated/α-hetero) is 1. The number of benzene rings is 1. The average molecular weight is 278 g/mol. The molecule has 0 spiro atoms. The second-order valence-corrected chi connectivity index (χ2v) is 11.5. The number of ketones is 1. The summed E-state index contributed by atoms with van der Waals surface area (Å²) in [5.74, 6) is 0.250. The molecule has 0 saturated carbocycles. The molecule has 0 aliphatic carbocycles. The maximum Gasteiger partial charge on any atom is 0.184 e. The molecule has 0 N–H and O–H groups in total. The van der Waals surface area contributed by atoms with Crippen LogP contribution in [-0.2, 0) is 9.22 Å². The van der Waals surface area contributed by atoms with Crippen molar-refractivity contribution in [3.8, 4) is 0 Å². The molecule has 0 radical (unpaired) electrons. The van der Waals surface area contributed by atoms with Crippen LogP contribution in [0.25, 0.3) is 0 Å². The fraction of sp³-hybridized carbons (Fsp3) is 0.562. The zero-order valence-electron chi connectivity index (χ0n) is 13.0. The summed E-state index contributed by atoms with van der Waals surface area (Å²) < 4.78 is 6.21. The Morgan fingerprint density at radius 3 is 2.11 bits per heavy atom. The summed E-state index contributed by atoms with van der Waals surface area (Å²) in [7, 11) is -1.68. The first-order chi connectivity index (χ1) is 8.59. The minimum Gasteiger partial charge on any atom is -0.410 e. The van der Waals surface area contributed by atoms with Gasteiger partial charge in [0, 0.05) is 11.8 Å². The highest BCUT2D eigenvalue weighted by atomic mass is 28.4. The number of rotatable bonds is 5. The Morgan fingerprint density at radius 1 is 1.16 bits per heavy atom. The Kier molecular flexibility index (Phi) is 5.10. The summed E-state index contributed by atoms with van der Waals surface area (Å²) in [6.07, 6.45) is 0.345. The molecule has 0 heterocycles. The van der Waals surface area contributed by atoms with Crippen molar-refractivity contribution >= 4 is 14.1 Å². The Hall–Kier alpha value is -0.933. The van der Waals surface area contributed by atoms with Crippen molar-refractivity contribution < 1.29 is 9.22 Å². The van der Waals surface area contributed by atoms with Gasteiger partial charge in [-0.1, -0.05) is 51.1 Å². The van der Waals surface area contributed by atoms with Crippen molar-refractivity contribution in [2.45, 2.75) is 52.9 Å². The smallest absolute Gasteiger partial charge is 0.184 e. The van der Waals surface area contributed by atoms with Crippen molar-refractivity contribution in [2.24, 2.45) is 5.41 Å². The van der Waals surface area contributed by atoms with E-state index in [2.05, 4.69) is 19.6 Å². The highest BCUT2D eigenvalue weighted by Gasteiger charge is 2.29. The average Bonchev–Trinajstić information content (AvgIpc) is 2.26. The molecular formula is C16H26O2Si. The lowest BCUT2D eigenvalue weighted by molar-refractivity contribution is -0.128. The van der Waals surface area contributed by atoms with E-state index in [-0.39, 0.29) is 17.3 Å². The van der Waals surface area contributed by atoms with Crippen LogP contribution in [0.1, 0.15) is 38.9 Å². The van der Waals surface area contributed by atoms with Gasteiger partial charge in [0.05, 0.1) is 6.10 Å². The zero-order valence-corrected chi connectivity index (χ0v) is 14.0. The van der Waals surface area contributed by atoms with Crippen LogP contribution in [0.5, 0.6) is 0 Å². The van der Waals surface area contributed by atoms with Gasteiger partial charge < -0.3 is 4.43 Å². The molecule has 2 nitrogen and oxygen atoms in total. The summed E-state index contributed by atoms with van der Waals surface area (Å²) in [4.78, 5) is 12.3. The van der Waals surface area contributed by atoms with Crippen LogP contribution in [0, 0.1) is 5.41 Å².